The summed E-state index contributed by atoms with van der Waals surface area (Å²) in [5.74, 6) is -0.907. The van der Waals surface area contributed by atoms with Crippen LogP contribution in [0.2, 0.25) is 0 Å². The number of hydrogen-bond donors (Lipinski definition) is 2. The first-order chi connectivity index (χ1) is 6.90. The Balaban J connectivity index is 4.53. The topological polar surface area (TPSA) is 83.5 Å². The molecule has 0 aliphatic carbocycles. The van der Waals surface area contributed by atoms with Crippen molar-refractivity contribution in [1.29, 1.82) is 0 Å². The molecule has 0 aromatic carbocycles. The minimum absolute atomic E-state index is 0.00608. The van der Waals surface area contributed by atoms with E-state index in [2.05, 4.69) is 5.32 Å². The third kappa shape index (κ3) is 4.09. The molecule has 0 amide bonds. The van der Waals surface area contributed by atoms with Crippen LogP contribution in [-0.4, -0.2) is 43.6 Å². The van der Waals surface area contributed by atoms with Crippen molar-refractivity contribution < 1.29 is 18.3 Å². The first kappa shape index (κ1) is 15.4. The highest BCUT2D eigenvalue weighted by molar-refractivity contribution is 7.90. The molecule has 0 fully saturated rings. The molecule has 0 heterocycles. The Morgan fingerprint density at radius 1 is 1.25 bits per heavy atom. The lowest BCUT2D eigenvalue weighted by atomic mass is 9.74. The van der Waals surface area contributed by atoms with Crippen LogP contribution in [0.15, 0.2) is 0 Å². The number of aliphatic carboxylic acids is 1. The van der Waals surface area contributed by atoms with Crippen molar-refractivity contribution >= 4 is 15.8 Å². The summed E-state index contributed by atoms with van der Waals surface area (Å²) in [5, 5.41) is 12.1. The lowest BCUT2D eigenvalue weighted by Gasteiger charge is -2.39. The van der Waals surface area contributed by atoms with E-state index < -0.39 is 26.8 Å². The van der Waals surface area contributed by atoms with Gasteiger partial charge in [0.05, 0.1) is 11.2 Å². The summed E-state index contributed by atoms with van der Waals surface area (Å²) in [6, 6.07) is 0. The number of rotatable bonds is 6. The van der Waals surface area contributed by atoms with Crippen LogP contribution < -0.4 is 5.32 Å². The minimum Gasteiger partial charge on any atom is -0.481 e. The molecule has 16 heavy (non-hydrogen) atoms. The molecule has 96 valence electrons. The number of carboxylic acid groups (broad SMARTS) is 1. The second kappa shape index (κ2) is 4.71. The molecule has 0 bridgehead atoms. The molecule has 0 aliphatic rings. The van der Waals surface area contributed by atoms with Crippen molar-refractivity contribution in [3.8, 4) is 0 Å². The van der Waals surface area contributed by atoms with Gasteiger partial charge in [-0.05, 0) is 27.7 Å². The molecule has 5 nitrogen and oxygen atoms in total. The zero-order valence-electron chi connectivity index (χ0n) is 10.5. The van der Waals surface area contributed by atoms with E-state index in [1.807, 2.05) is 0 Å². The molecule has 0 aromatic heterocycles. The zero-order valence-corrected chi connectivity index (χ0v) is 11.3. The van der Waals surface area contributed by atoms with Crippen molar-refractivity contribution in [3.63, 3.8) is 0 Å². The Labute approximate surface area is 97.2 Å². The van der Waals surface area contributed by atoms with E-state index in [9.17, 15) is 13.2 Å². The highest BCUT2D eigenvalue weighted by Crippen LogP contribution is 2.30. The van der Waals surface area contributed by atoms with Crippen LogP contribution in [0.1, 0.15) is 27.7 Å². The van der Waals surface area contributed by atoms with Gasteiger partial charge in [0, 0.05) is 18.3 Å². The number of carbonyl (C=O) groups is 1. The van der Waals surface area contributed by atoms with Crippen molar-refractivity contribution in [2.24, 2.45) is 5.41 Å². The van der Waals surface area contributed by atoms with E-state index in [1.165, 1.54) is 0 Å². The van der Waals surface area contributed by atoms with Gasteiger partial charge in [-0.2, -0.15) is 0 Å². The fourth-order valence-corrected chi connectivity index (χ4v) is 1.51. The Morgan fingerprint density at radius 2 is 1.69 bits per heavy atom. The molecule has 0 radical (unpaired) electrons. The second-order valence-electron chi connectivity index (χ2n) is 5.11. The van der Waals surface area contributed by atoms with Crippen molar-refractivity contribution in [3.05, 3.63) is 0 Å². The molecule has 0 spiro atoms. The van der Waals surface area contributed by atoms with E-state index in [0.29, 0.717) is 0 Å². The van der Waals surface area contributed by atoms with E-state index in [-0.39, 0.29) is 12.3 Å². The minimum atomic E-state index is -3.02. The largest absolute Gasteiger partial charge is 0.481 e. The fraction of sp³-hybridized carbons (Fsp3) is 0.900. The third-order valence-electron chi connectivity index (χ3n) is 3.14. The van der Waals surface area contributed by atoms with Crippen molar-refractivity contribution in [1.82, 2.24) is 5.32 Å². The van der Waals surface area contributed by atoms with E-state index >= 15 is 0 Å². The molecule has 0 atom stereocenters. The highest BCUT2D eigenvalue weighted by atomic mass is 32.2. The van der Waals surface area contributed by atoms with Gasteiger partial charge in [0.15, 0.2) is 0 Å². The van der Waals surface area contributed by atoms with Gasteiger partial charge in [-0.3, -0.25) is 4.79 Å². The SMILES string of the molecule is CC(C)(NCCS(C)(=O)=O)C(C)(C)C(=O)O. The first-order valence-electron chi connectivity index (χ1n) is 5.06. The molecule has 0 unspecified atom stereocenters. The van der Waals surface area contributed by atoms with Gasteiger partial charge in [-0.25, -0.2) is 8.42 Å². The van der Waals surface area contributed by atoms with Crippen LogP contribution in [-0.2, 0) is 14.6 Å². The molecule has 0 saturated carbocycles. The Kier molecular flexibility index (Phi) is 4.53. The standard InChI is InChI=1S/C10H21NO4S/c1-9(2,8(12)13)10(3,4)11-6-7-16(5,14)15/h11H,6-7H2,1-5H3,(H,12,13). The smallest absolute Gasteiger partial charge is 0.310 e. The Morgan fingerprint density at radius 3 is 2.00 bits per heavy atom. The summed E-state index contributed by atoms with van der Waals surface area (Å²) >= 11 is 0. The number of hydrogen-bond acceptors (Lipinski definition) is 4. The van der Waals surface area contributed by atoms with Gasteiger partial charge < -0.3 is 10.4 Å². The summed E-state index contributed by atoms with van der Waals surface area (Å²) < 4.78 is 21.9. The summed E-state index contributed by atoms with van der Waals surface area (Å²) in [5.41, 5.74) is -1.64. The predicted molar refractivity (Wildman–Crippen MR) is 63.2 cm³/mol. The van der Waals surface area contributed by atoms with Gasteiger partial charge in [-0.1, -0.05) is 0 Å². The number of nitrogens with one attached hydrogen (secondary N) is 1. The predicted octanol–water partition coefficient (Wildman–Crippen LogP) is 0.510. The lowest BCUT2D eigenvalue weighted by molar-refractivity contribution is -0.151. The van der Waals surface area contributed by atoms with Gasteiger partial charge >= 0.3 is 5.97 Å². The fourth-order valence-electron chi connectivity index (χ4n) is 1.04. The van der Waals surface area contributed by atoms with E-state index in [4.69, 9.17) is 5.11 Å². The molecular formula is C10H21NO4S. The maximum Gasteiger partial charge on any atom is 0.310 e. The van der Waals surface area contributed by atoms with Crippen molar-refractivity contribution in [2.75, 3.05) is 18.6 Å². The quantitative estimate of drug-likeness (QED) is 0.718. The average molecular weight is 251 g/mol. The second-order valence-corrected chi connectivity index (χ2v) is 7.37. The molecule has 0 aromatic rings. The van der Waals surface area contributed by atoms with Crippen LogP contribution in [0.4, 0.5) is 0 Å². The maximum absolute atomic E-state index is 11.1. The Bertz CT molecular complexity index is 357. The molecule has 6 heteroatoms. The van der Waals surface area contributed by atoms with Crippen LogP contribution in [0.5, 0.6) is 0 Å². The molecular weight excluding hydrogens is 230 g/mol. The van der Waals surface area contributed by atoms with Gasteiger partial charge in [0.25, 0.3) is 0 Å². The average Bonchev–Trinajstić information content (AvgIpc) is 2.00. The van der Waals surface area contributed by atoms with E-state index in [1.54, 1.807) is 27.7 Å². The number of sulfone groups is 1. The molecule has 2 N–H and O–H groups in total. The maximum atomic E-state index is 11.1. The van der Waals surface area contributed by atoms with Crippen LogP contribution >= 0.6 is 0 Å². The van der Waals surface area contributed by atoms with Gasteiger partial charge in [0.2, 0.25) is 0 Å². The lowest BCUT2D eigenvalue weighted by Crippen LogP contribution is -2.55. The third-order valence-corrected chi connectivity index (χ3v) is 4.08. The van der Waals surface area contributed by atoms with Gasteiger partial charge in [-0.15, -0.1) is 0 Å². The monoisotopic (exact) mass is 251 g/mol. The molecule has 0 aliphatic heterocycles. The highest BCUT2D eigenvalue weighted by Gasteiger charge is 2.42. The van der Waals surface area contributed by atoms with E-state index in [0.717, 1.165) is 6.26 Å². The Hall–Kier alpha value is -0.620. The summed E-state index contributed by atoms with van der Waals surface area (Å²) in [4.78, 5) is 11.1. The van der Waals surface area contributed by atoms with Crippen molar-refractivity contribution in [2.45, 2.75) is 33.2 Å². The first-order valence-corrected chi connectivity index (χ1v) is 7.12. The molecule has 0 saturated heterocycles. The van der Waals surface area contributed by atoms with Crippen LogP contribution in [0.25, 0.3) is 0 Å². The summed E-state index contributed by atoms with van der Waals surface area (Å²) in [6.07, 6.45) is 1.16. The normalized spacial score (nSPS) is 13.8. The molecule has 0 rings (SSSR count). The summed E-state index contributed by atoms with van der Waals surface area (Å²) in [6.45, 7) is 6.99. The van der Waals surface area contributed by atoms with Gasteiger partial charge in [0.1, 0.15) is 9.84 Å². The summed E-state index contributed by atoms with van der Waals surface area (Å²) in [7, 11) is -3.02. The number of carboxylic acids is 1. The van der Waals surface area contributed by atoms with Crippen LogP contribution in [0.3, 0.4) is 0 Å². The van der Waals surface area contributed by atoms with Crippen LogP contribution in [0, 0.1) is 5.41 Å². The zero-order chi connectivity index (χ0) is 13.2.